The van der Waals surface area contributed by atoms with Crippen molar-refractivity contribution >= 4 is 23.2 Å². The molecule has 7 nitrogen and oxygen atoms in total. The summed E-state index contributed by atoms with van der Waals surface area (Å²) in [7, 11) is 3.64. The standard InChI is InChI=1S/C25H27N5O2/c1-17-4-11-23(28-15-17)29-25(31)21-14-20(32-3)9-10-22(21)27-16-18-5-7-19(8-6-18)24-26-12-13-30(24)2/h4-11,14-15,27H,12-13,16H2,1-3H3,(H,28,29,31). The molecule has 0 aliphatic carbocycles. The van der Waals surface area contributed by atoms with Gasteiger partial charge < -0.3 is 20.3 Å². The minimum atomic E-state index is -0.250. The Morgan fingerprint density at radius 2 is 1.94 bits per heavy atom. The van der Waals surface area contributed by atoms with Gasteiger partial charge in [-0.25, -0.2) is 4.98 Å². The average molecular weight is 430 g/mol. The molecule has 0 spiro atoms. The summed E-state index contributed by atoms with van der Waals surface area (Å²) in [5.74, 6) is 1.90. The summed E-state index contributed by atoms with van der Waals surface area (Å²) in [6, 6.07) is 17.4. The van der Waals surface area contributed by atoms with Gasteiger partial charge in [-0.1, -0.05) is 30.3 Å². The fourth-order valence-electron chi connectivity index (χ4n) is 3.53. The predicted octanol–water partition coefficient (Wildman–Crippen LogP) is 3.96. The number of amides is 1. The first-order valence-corrected chi connectivity index (χ1v) is 10.5. The monoisotopic (exact) mass is 429 g/mol. The molecule has 2 heterocycles. The Balaban J connectivity index is 1.48. The van der Waals surface area contributed by atoms with Crippen molar-refractivity contribution in [1.29, 1.82) is 0 Å². The number of carbonyl (C=O) groups excluding carboxylic acids is 1. The van der Waals surface area contributed by atoms with Gasteiger partial charge in [-0.15, -0.1) is 0 Å². The molecule has 7 heteroatoms. The average Bonchev–Trinajstić information content (AvgIpc) is 3.25. The largest absolute Gasteiger partial charge is 0.497 e. The van der Waals surface area contributed by atoms with Gasteiger partial charge in [-0.2, -0.15) is 0 Å². The molecule has 1 amide bonds. The van der Waals surface area contributed by atoms with Crippen LogP contribution in [0.3, 0.4) is 0 Å². The van der Waals surface area contributed by atoms with Crippen LogP contribution in [0.2, 0.25) is 0 Å². The Kier molecular flexibility index (Phi) is 6.35. The molecule has 1 aromatic heterocycles. The van der Waals surface area contributed by atoms with Gasteiger partial charge in [0.1, 0.15) is 17.4 Å². The van der Waals surface area contributed by atoms with Gasteiger partial charge in [0.15, 0.2) is 0 Å². The van der Waals surface area contributed by atoms with E-state index in [1.807, 2.05) is 25.1 Å². The number of anilines is 2. The first-order valence-electron chi connectivity index (χ1n) is 10.5. The minimum Gasteiger partial charge on any atom is -0.497 e. The smallest absolute Gasteiger partial charge is 0.259 e. The Labute approximate surface area is 188 Å². The lowest BCUT2D eigenvalue weighted by molar-refractivity contribution is 0.102. The maximum absolute atomic E-state index is 13.0. The Morgan fingerprint density at radius 3 is 2.59 bits per heavy atom. The molecule has 0 saturated carbocycles. The first-order chi connectivity index (χ1) is 15.5. The maximum atomic E-state index is 13.0. The van der Waals surface area contributed by atoms with Crippen LogP contribution in [-0.4, -0.2) is 48.9 Å². The molecule has 3 aromatic rings. The van der Waals surface area contributed by atoms with E-state index < -0.39 is 0 Å². The Hall–Kier alpha value is -3.87. The number of carbonyl (C=O) groups is 1. The molecule has 0 atom stereocenters. The summed E-state index contributed by atoms with van der Waals surface area (Å²) >= 11 is 0. The van der Waals surface area contributed by atoms with E-state index in [1.165, 1.54) is 0 Å². The second-order valence-corrected chi connectivity index (χ2v) is 7.76. The summed E-state index contributed by atoms with van der Waals surface area (Å²) in [6.07, 6.45) is 1.72. The molecule has 2 N–H and O–H groups in total. The lowest BCUT2D eigenvalue weighted by Crippen LogP contribution is -2.23. The quantitative estimate of drug-likeness (QED) is 0.595. The highest BCUT2D eigenvalue weighted by Gasteiger charge is 2.15. The third kappa shape index (κ3) is 4.88. The normalized spacial score (nSPS) is 13.0. The van der Waals surface area contributed by atoms with E-state index in [2.05, 4.69) is 56.8 Å². The zero-order chi connectivity index (χ0) is 22.5. The second-order valence-electron chi connectivity index (χ2n) is 7.76. The fraction of sp³-hybridized carbons (Fsp3) is 0.240. The van der Waals surface area contributed by atoms with Crippen LogP contribution in [0.1, 0.15) is 27.0 Å². The molecule has 0 unspecified atom stereocenters. The number of likely N-dealkylation sites (N-methyl/N-ethyl adjacent to an activating group) is 1. The number of hydrogen-bond acceptors (Lipinski definition) is 6. The summed E-state index contributed by atoms with van der Waals surface area (Å²) in [4.78, 5) is 23.9. The molecule has 4 rings (SSSR count). The number of aromatic nitrogens is 1. The highest BCUT2D eigenvalue weighted by molar-refractivity contribution is 6.08. The van der Waals surface area contributed by atoms with Crippen molar-refractivity contribution in [2.24, 2.45) is 4.99 Å². The van der Waals surface area contributed by atoms with Crippen molar-refractivity contribution in [3.8, 4) is 5.75 Å². The molecule has 1 aliphatic rings. The molecule has 0 bridgehead atoms. The summed E-state index contributed by atoms with van der Waals surface area (Å²) in [6.45, 7) is 4.33. The van der Waals surface area contributed by atoms with Crippen molar-refractivity contribution in [2.45, 2.75) is 13.5 Å². The number of aliphatic imine (C=N–C) groups is 1. The lowest BCUT2D eigenvalue weighted by atomic mass is 10.1. The molecule has 0 fully saturated rings. The number of rotatable bonds is 7. The van der Waals surface area contributed by atoms with Crippen molar-refractivity contribution in [3.63, 3.8) is 0 Å². The SMILES string of the molecule is COc1ccc(NCc2ccc(C3=NCCN3C)cc2)c(C(=O)Nc2ccc(C)cn2)c1. The predicted molar refractivity (Wildman–Crippen MR) is 128 cm³/mol. The van der Waals surface area contributed by atoms with Crippen LogP contribution < -0.4 is 15.4 Å². The maximum Gasteiger partial charge on any atom is 0.259 e. The van der Waals surface area contributed by atoms with Gasteiger partial charge in [-0.05, 0) is 42.3 Å². The van der Waals surface area contributed by atoms with E-state index in [9.17, 15) is 4.79 Å². The van der Waals surface area contributed by atoms with Gasteiger partial charge in [-0.3, -0.25) is 9.79 Å². The molecule has 1 aliphatic heterocycles. The lowest BCUT2D eigenvalue weighted by Gasteiger charge is -2.15. The molecule has 0 saturated heterocycles. The summed E-state index contributed by atoms with van der Waals surface area (Å²) < 4.78 is 5.32. The number of hydrogen-bond donors (Lipinski definition) is 2. The van der Waals surface area contributed by atoms with Gasteiger partial charge in [0.25, 0.3) is 5.91 Å². The van der Waals surface area contributed by atoms with E-state index in [4.69, 9.17) is 4.74 Å². The third-order valence-electron chi connectivity index (χ3n) is 5.38. The van der Waals surface area contributed by atoms with Gasteiger partial charge >= 0.3 is 0 Å². The van der Waals surface area contributed by atoms with Crippen molar-refractivity contribution in [3.05, 3.63) is 83.0 Å². The van der Waals surface area contributed by atoms with Crippen molar-refractivity contribution in [2.75, 3.05) is 37.9 Å². The number of methoxy groups -OCH3 is 1. The summed E-state index contributed by atoms with van der Waals surface area (Å²) in [5, 5.41) is 6.23. The third-order valence-corrected chi connectivity index (χ3v) is 5.38. The Bertz CT molecular complexity index is 1120. The van der Waals surface area contributed by atoms with E-state index in [1.54, 1.807) is 25.4 Å². The fourth-order valence-corrected chi connectivity index (χ4v) is 3.53. The van der Waals surface area contributed by atoms with E-state index in [-0.39, 0.29) is 5.91 Å². The van der Waals surface area contributed by atoms with Crippen LogP contribution >= 0.6 is 0 Å². The minimum absolute atomic E-state index is 0.250. The first kappa shape index (κ1) is 21.4. The second kappa shape index (κ2) is 9.51. The number of nitrogens with zero attached hydrogens (tertiary/aromatic N) is 3. The summed E-state index contributed by atoms with van der Waals surface area (Å²) in [5.41, 5.74) is 4.47. The molecule has 32 heavy (non-hydrogen) atoms. The number of nitrogens with one attached hydrogen (secondary N) is 2. The highest BCUT2D eigenvalue weighted by atomic mass is 16.5. The molecule has 164 valence electrons. The zero-order valence-corrected chi connectivity index (χ0v) is 18.6. The van der Waals surface area contributed by atoms with Crippen LogP contribution in [0.4, 0.5) is 11.5 Å². The topological polar surface area (TPSA) is 78.8 Å². The van der Waals surface area contributed by atoms with Crippen molar-refractivity contribution in [1.82, 2.24) is 9.88 Å². The van der Waals surface area contributed by atoms with Gasteiger partial charge in [0.05, 0.1) is 19.2 Å². The van der Waals surface area contributed by atoms with Crippen molar-refractivity contribution < 1.29 is 9.53 Å². The molecule has 2 aromatic carbocycles. The van der Waals surface area contributed by atoms with Crippen LogP contribution in [0, 0.1) is 6.92 Å². The number of aryl methyl sites for hydroxylation is 1. The molecular formula is C25H27N5O2. The highest BCUT2D eigenvalue weighted by Crippen LogP contribution is 2.24. The van der Waals surface area contributed by atoms with Gasteiger partial charge in [0.2, 0.25) is 0 Å². The number of amidine groups is 1. The number of pyridine rings is 1. The number of ether oxygens (including phenoxy) is 1. The van der Waals surface area contributed by atoms with Gasteiger partial charge in [0, 0.05) is 37.6 Å². The number of benzene rings is 2. The molecule has 0 radical (unpaired) electrons. The zero-order valence-electron chi connectivity index (χ0n) is 18.6. The van der Waals surface area contributed by atoms with E-state index in [0.29, 0.717) is 23.7 Å². The van der Waals surface area contributed by atoms with E-state index >= 15 is 0 Å². The van der Waals surface area contributed by atoms with E-state index in [0.717, 1.165) is 41.3 Å². The van der Waals surface area contributed by atoms with Crippen LogP contribution in [-0.2, 0) is 6.54 Å². The van der Waals surface area contributed by atoms with Crippen LogP contribution in [0.15, 0.2) is 65.8 Å². The molecular weight excluding hydrogens is 402 g/mol. The van der Waals surface area contributed by atoms with Crippen LogP contribution in [0.25, 0.3) is 0 Å². The van der Waals surface area contributed by atoms with Crippen LogP contribution in [0.5, 0.6) is 5.75 Å². The Morgan fingerprint density at radius 1 is 1.12 bits per heavy atom.